The first-order valence-electron chi connectivity index (χ1n) is 8.55. The van der Waals surface area contributed by atoms with Crippen LogP contribution in [-0.2, 0) is 10.0 Å². The topological polar surface area (TPSA) is 101 Å². The highest BCUT2D eigenvalue weighted by Gasteiger charge is 2.34. The molecule has 0 N–H and O–H groups in total. The molecule has 9 heteroatoms. The van der Waals surface area contributed by atoms with Crippen molar-refractivity contribution in [2.45, 2.75) is 24.8 Å². The SMILES string of the molecule is CC1=CN(S(=O)(=O)c2ccc([N+](=O)[O-])cc2)[C@@H](C)CN1C(=O)c1ccccc1. The number of carbonyl (C=O) groups is 1. The van der Waals surface area contributed by atoms with E-state index in [2.05, 4.69) is 0 Å². The quantitative estimate of drug-likeness (QED) is 0.579. The van der Waals surface area contributed by atoms with E-state index in [4.69, 9.17) is 0 Å². The molecule has 0 aliphatic carbocycles. The lowest BCUT2D eigenvalue weighted by atomic mass is 10.1. The number of nitrogens with zero attached hydrogens (tertiary/aromatic N) is 3. The monoisotopic (exact) mass is 401 g/mol. The van der Waals surface area contributed by atoms with Crippen molar-refractivity contribution < 1.29 is 18.1 Å². The largest absolute Gasteiger partial charge is 0.309 e. The van der Waals surface area contributed by atoms with Crippen molar-refractivity contribution in [2.24, 2.45) is 0 Å². The predicted molar refractivity (Wildman–Crippen MR) is 103 cm³/mol. The highest BCUT2D eigenvalue weighted by molar-refractivity contribution is 7.89. The van der Waals surface area contributed by atoms with Gasteiger partial charge in [-0.25, -0.2) is 8.42 Å². The lowest BCUT2D eigenvalue weighted by Gasteiger charge is -2.38. The maximum atomic E-state index is 13.0. The third-order valence-corrected chi connectivity index (χ3v) is 6.40. The molecule has 2 aromatic carbocycles. The number of allylic oxidation sites excluding steroid dienone is 1. The Balaban J connectivity index is 1.90. The summed E-state index contributed by atoms with van der Waals surface area (Å²) in [5.74, 6) is -0.200. The number of nitro benzene ring substituents is 1. The average molecular weight is 401 g/mol. The van der Waals surface area contributed by atoms with Gasteiger partial charge in [-0.05, 0) is 38.1 Å². The van der Waals surface area contributed by atoms with Crippen molar-refractivity contribution in [3.63, 3.8) is 0 Å². The summed E-state index contributed by atoms with van der Waals surface area (Å²) < 4.78 is 27.2. The summed E-state index contributed by atoms with van der Waals surface area (Å²) in [6, 6.07) is 13.0. The number of hydrogen-bond acceptors (Lipinski definition) is 5. The first kappa shape index (κ1) is 19.6. The Morgan fingerprint density at radius 3 is 2.29 bits per heavy atom. The third kappa shape index (κ3) is 3.61. The Morgan fingerprint density at radius 2 is 1.71 bits per heavy atom. The molecule has 1 aliphatic heterocycles. The second-order valence-electron chi connectivity index (χ2n) is 6.49. The molecule has 1 aliphatic rings. The van der Waals surface area contributed by atoms with Crippen LogP contribution in [0.1, 0.15) is 24.2 Å². The van der Waals surface area contributed by atoms with Crippen molar-refractivity contribution >= 4 is 21.6 Å². The molecular weight excluding hydrogens is 382 g/mol. The molecule has 1 atom stereocenters. The highest BCUT2D eigenvalue weighted by Crippen LogP contribution is 2.27. The summed E-state index contributed by atoms with van der Waals surface area (Å²) in [5, 5.41) is 10.8. The van der Waals surface area contributed by atoms with E-state index in [1.807, 2.05) is 6.07 Å². The van der Waals surface area contributed by atoms with Gasteiger partial charge in [0.15, 0.2) is 0 Å². The van der Waals surface area contributed by atoms with Gasteiger partial charge in [-0.1, -0.05) is 18.2 Å². The average Bonchev–Trinajstić information content (AvgIpc) is 2.69. The van der Waals surface area contributed by atoms with Crippen LogP contribution in [0.5, 0.6) is 0 Å². The Hall–Kier alpha value is -3.20. The summed E-state index contributed by atoms with van der Waals surface area (Å²) in [6.07, 6.45) is 1.42. The van der Waals surface area contributed by atoms with Crippen molar-refractivity contribution in [1.29, 1.82) is 0 Å². The zero-order chi connectivity index (χ0) is 20.5. The van der Waals surface area contributed by atoms with Gasteiger partial charge in [-0.15, -0.1) is 0 Å². The van der Waals surface area contributed by atoms with Crippen molar-refractivity contribution in [2.75, 3.05) is 6.54 Å². The smallest absolute Gasteiger partial charge is 0.269 e. The number of amides is 1. The maximum Gasteiger partial charge on any atom is 0.269 e. The van der Waals surface area contributed by atoms with Crippen LogP contribution in [0.3, 0.4) is 0 Å². The molecule has 0 saturated carbocycles. The van der Waals surface area contributed by atoms with Gasteiger partial charge in [-0.2, -0.15) is 0 Å². The summed E-state index contributed by atoms with van der Waals surface area (Å²) in [6.45, 7) is 3.57. The van der Waals surface area contributed by atoms with Gasteiger partial charge in [0.1, 0.15) is 0 Å². The molecule has 0 spiro atoms. The van der Waals surface area contributed by atoms with E-state index in [0.29, 0.717) is 11.3 Å². The molecule has 2 aromatic rings. The number of hydrogen-bond donors (Lipinski definition) is 0. The van der Waals surface area contributed by atoms with E-state index in [-0.39, 0.29) is 23.0 Å². The van der Waals surface area contributed by atoms with E-state index in [0.717, 1.165) is 12.1 Å². The first-order chi connectivity index (χ1) is 13.2. The Kier molecular flexibility index (Phi) is 5.19. The van der Waals surface area contributed by atoms with Crippen LogP contribution in [0.25, 0.3) is 0 Å². The van der Waals surface area contributed by atoms with Crippen molar-refractivity contribution in [3.8, 4) is 0 Å². The summed E-state index contributed by atoms with van der Waals surface area (Å²) >= 11 is 0. The number of benzene rings is 2. The third-order valence-electron chi connectivity index (χ3n) is 4.51. The zero-order valence-electron chi connectivity index (χ0n) is 15.3. The van der Waals surface area contributed by atoms with Crippen LogP contribution in [0.4, 0.5) is 5.69 Å². The van der Waals surface area contributed by atoms with E-state index >= 15 is 0 Å². The highest BCUT2D eigenvalue weighted by atomic mass is 32.2. The summed E-state index contributed by atoms with van der Waals surface area (Å²) in [4.78, 5) is 24.4. The number of sulfonamides is 1. The molecule has 3 rings (SSSR count). The van der Waals surface area contributed by atoms with Gasteiger partial charge in [0.25, 0.3) is 21.6 Å². The number of carbonyl (C=O) groups excluding carboxylic acids is 1. The van der Waals surface area contributed by atoms with Crippen LogP contribution in [0.2, 0.25) is 0 Å². The normalized spacial score (nSPS) is 17.2. The minimum atomic E-state index is -3.90. The van der Waals surface area contributed by atoms with Gasteiger partial charge in [-0.3, -0.25) is 19.2 Å². The van der Waals surface area contributed by atoms with E-state index in [9.17, 15) is 23.3 Å². The molecule has 0 fully saturated rings. The molecule has 1 amide bonds. The molecule has 8 nitrogen and oxygen atoms in total. The molecule has 28 heavy (non-hydrogen) atoms. The fraction of sp³-hybridized carbons (Fsp3) is 0.211. The molecule has 0 aromatic heterocycles. The lowest BCUT2D eigenvalue weighted by Crippen LogP contribution is -2.48. The Morgan fingerprint density at radius 1 is 1.11 bits per heavy atom. The fourth-order valence-corrected chi connectivity index (χ4v) is 4.57. The van der Waals surface area contributed by atoms with Crippen molar-refractivity contribution in [1.82, 2.24) is 9.21 Å². The minimum Gasteiger partial charge on any atom is -0.309 e. The summed E-state index contributed by atoms with van der Waals surface area (Å²) in [7, 11) is -3.90. The molecule has 0 unspecified atom stereocenters. The zero-order valence-corrected chi connectivity index (χ0v) is 16.2. The van der Waals surface area contributed by atoms with Gasteiger partial charge >= 0.3 is 0 Å². The van der Waals surface area contributed by atoms with Crippen LogP contribution in [-0.4, -0.2) is 41.0 Å². The van der Waals surface area contributed by atoms with Crippen LogP contribution < -0.4 is 0 Å². The Bertz CT molecular complexity index is 1030. The first-order valence-corrected chi connectivity index (χ1v) is 9.99. The lowest BCUT2D eigenvalue weighted by molar-refractivity contribution is -0.384. The fourth-order valence-electron chi connectivity index (χ4n) is 3.02. The number of nitro groups is 1. The van der Waals surface area contributed by atoms with Gasteiger partial charge in [0.05, 0.1) is 15.9 Å². The van der Waals surface area contributed by atoms with Crippen LogP contribution >= 0.6 is 0 Å². The van der Waals surface area contributed by atoms with Crippen molar-refractivity contribution in [3.05, 3.63) is 82.2 Å². The number of rotatable bonds is 4. The van der Waals surface area contributed by atoms with Crippen LogP contribution in [0.15, 0.2) is 71.4 Å². The maximum absolute atomic E-state index is 13.0. The van der Waals surface area contributed by atoms with Gasteiger partial charge in [0.2, 0.25) is 0 Å². The second kappa shape index (κ2) is 7.43. The number of non-ortho nitro benzene ring substituents is 1. The van der Waals surface area contributed by atoms with Crippen LogP contribution in [0, 0.1) is 10.1 Å². The Labute approximate surface area is 162 Å². The van der Waals surface area contributed by atoms with Gasteiger partial charge in [0, 0.05) is 36.1 Å². The molecule has 0 saturated heterocycles. The van der Waals surface area contributed by atoms with Gasteiger partial charge < -0.3 is 4.90 Å². The van der Waals surface area contributed by atoms with E-state index in [1.54, 1.807) is 43.0 Å². The summed E-state index contributed by atoms with van der Waals surface area (Å²) in [5.41, 5.74) is 0.837. The molecule has 0 radical (unpaired) electrons. The van der Waals surface area contributed by atoms with E-state index < -0.39 is 21.0 Å². The molecule has 1 heterocycles. The predicted octanol–water partition coefficient (Wildman–Crippen LogP) is 2.99. The van der Waals surface area contributed by atoms with E-state index in [1.165, 1.54) is 22.6 Å². The minimum absolute atomic E-state index is 0.0446. The molecule has 0 bridgehead atoms. The standard InChI is InChI=1S/C19H19N3O5S/c1-14-13-21(28(26,27)18-10-8-17(9-11-18)22(24)25)15(2)12-20(14)19(23)16-6-4-3-5-7-16/h3-11,13,15H,12H2,1-2H3/t15-/m0/s1. The molecule has 146 valence electrons. The molecular formula is C19H19N3O5S. The second-order valence-corrected chi connectivity index (χ2v) is 8.33.